The molecule has 11 heteroatoms. The Morgan fingerprint density at radius 3 is 2.34 bits per heavy atom. The molecule has 0 aliphatic carbocycles. The number of nitrogens with one attached hydrogen (secondary N) is 1. The Bertz CT molecular complexity index is 1020. The lowest BCUT2D eigenvalue weighted by molar-refractivity contribution is -0.154. The first-order chi connectivity index (χ1) is 15.2. The summed E-state index contributed by atoms with van der Waals surface area (Å²) >= 11 is 0. The van der Waals surface area contributed by atoms with E-state index in [4.69, 9.17) is 4.74 Å². The molecule has 1 saturated heterocycles. The average molecular weight is 472 g/mol. The number of nitrogens with zero attached hydrogens (tertiary/aromatic N) is 2. The molecule has 1 fully saturated rings. The first kappa shape index (κ1) is 24.0. The van der Waals surface area contributed by atoms with Gasteiger partial charge in [-0.05, 0) is 43.2 Å². The molecular formula is C21H24F3N3O4S. The highest BCUT2D eigenvalue weighted by molar-refractivity contribution is 7.89. The van der Waals surface area contributed by atoms with Gasteiger partial charge in [0.25, 0.3) is 5.91 Å². The number of pyridine rings is 1. The van der Waals surface area contributed by atoms with Crippen molar-refractivity contribution in [3.8, 4) is 5.88 Å². The van der Waals surface area contributed by atoms with Crippen LogP contribution < -0.4 is 10.1 Å². The quantitative estimate of drug-likeness (QED) is 0.668. The number of rotatable bonds is 7. The molecule has 1 N–H and O–H groups in total. The molecule has 0 saturated carbocycles. The van der Waals surface area contributed by atoms with Crippen molar-refractivity contribution in [3.05, 3.63) is 53.7 Å². The smallest absolute Gasteiger partial charge is 0.422 e. The fourth-order valence-corrected chi connectivity index (χ4v) is 4.84. The van der Waals surface area contributed by atoms with Crippen molar-refractivity contribution in [1.29, 1.82) is 0 Å². The maximum Gasteiger partial charge on any atom is 0.422 e. The van der Waals surface area contributed by atoms with Gasteiger partial charge in [-0.25, -0.2) is 13.4 Å². The predicted molar refractivity (Wildman–Crippen MR) is 111 cm³/mol. The monoisotopic (exact) mass is 471 g/mol. The first-order valence-corrected chi connectivity index (χ1v) is 11.6. The van der Waals surface area contributed by atoms with E-state index in [-0.39, 0.29) is 28.4 Å². The summed E-state index contributed by atoms with van der Waals surface area (Å²) in [5.41, 5.74) is 0.506. The lowest BCUT2D eigenvalue weighted by atomic mass is 10.2. The predicted octanol–water partition coefficient (Wildman–Crippen LogP) is 3.52. The van der Waals surface area contributed by atoms with Gasteiger partial charge in [-0.15, -0.1) is 0 Å². The highest BCUT2D eigenvalue weighted by Gasteiger charge is 2.29. The molecule has 1 aliphatic heterocycles. The van der Waals surface area contributed by atoms with Gasteiger partial charge in [-0.2, -0.15) is 17.5 Å². The molecule has 2 aromatic rings. The molecule has 174 valence electrons. The molecule has 2 heterocycles. The van der Waals surface area contributed by atoms with Crippen molar-refractivity contribution < 1.29 is 31.1 Å². The van der Waals surface area contributed by atoms with Crippen LogP contribution in [0.25, 0.3) is 0 Å². The zero-order chi connectivity index (χ0) is 23.2. The van der Waals surface area contributed by atoms with Crippen LogP contribution in [0, 0.1) is 0 Å². The third-order valence-electron chi connectivity index (χ3n) is 4.98. The van der Waals surface area contributed by atoms with Crippen molar-refractivity contribution in [1.82, 2.24) is 14.6 Å². The second-order valence-corrected chi connectivity index (χ2v) is 9.33. The van der Waals surface area contributed by atoms with Gasteiger partial charge < -0.3 is 10.1 Å². The third kappa shape index (κ3) is 6.42. The van der Waals surface area contributed by atoms with Crippen molar-refractivity contribution >= 4 is 15.9 Å². The minimum atomic E-state index is -4.51. The Hall–Kier alpha value is -2.66. The van der Waals surface area contributed by atoms with E-state index in [1.807, 2.05) is 0 Å². The fraction of sp³-hybridized carbons (Fsp3) is 0.429. The summed E-state index contributed by atoms with van der Waals surface area (Å²) < 4.78 is 69.0. The van der Waals surface area contributed by atoms with Crippen LogP contribution in [0.2, 0.25) is 0 Å². The summed E-state index contributed by atoms with van der Waals surface area (Å²) in [6.45, 7) is -0.631. The number of benzene rings is 1. The van der Waals surface area contributed by atoms with Crippen LogP contribution in [-0.4, -0.2) is 49.5 Å². The normalized spacial score (nSPS) is 15.7. The molecule has 1 aromatic carbocycles. The fourth-order valence-electron chi connectivity index (χ4n) is 3.33. The zero-order valence-corrected chi connectivity index (χ0v) is 18.1. The SMILES string of the molecule is O=C(NCc1cccnc1OCC(F)(F)F)c1ccc(S(=O)(=O)N2CCCCCC2)cc1. The number of aromatic nitrogens is 1. The van der Waals surface area contributed by atoms with E-state index in [2.05, 4.69) is 10.3 Å². The summed E-state index contributed by atoms with van der Waals surface area (Å²) in [6.07, 6.45) is 0.440. The summed E-state index contributed by atoms with van der Waals surface area (Å²) in [4.78, 5) is 16.3. The third-order valence-corrected chi connectivity index (χ3v) is 6.89. The number of alkyl halides is 3. The largest absolute Gasteiger partial charge is 0.468 e. The molecule has 1 aliphatic rings. The van der Waals surface area contributed by atoms with E-state index >= 15 is 0 Å². The molecule has 0 spiro atoms. The number of hydrogen-bond acceptors (Lipinski definition) is 5. The molecule has 1 aromatic heterocycles. The molecule has 0 radical (unpaired) electrons. The molecule has 0 bridgehead atoms. The Kier molecular flexibility index (Phi) is 7.73. The van der Waals surface area contributed by atoms with E-state index in [9.17, 15) is 26.4 Å². The highest BCUT2D eigenvalue weighted by atomic mass is 32.2. The minimum absolute atomic E-state index is 0.103. The van der Waals surface area contributed by atoms with Gasteiger partial charge in [0.1, 0.15) is 0 Å². The topological polar surface area (TPSA) is 88.6 Å². The van der Waals surface area contributed by atoms with E-state index in [0.29, 0.717) is 13.1 Å². The summed E-state index contributed by atoms with van der Waals surface area (Å²) in [5, 5.41) is 2.58. The lowest BCUT2D eigenvalue weighted by Gasteiger charge is -2.20. The van der Waals surface area contributed by atoms with Gasteiger partial charge in [0.05, 0.1) is 4.90 Å². The van der Waals surface area contributed by atoms with Gasteiger partial charge in [0.2, 0.25) is 15.9 Å². The van der Waals surface area contributed by atoms with Gasteiger partial charge in [-0.1, -0.05) is 18.9 Å². The van der Waals surface area contributed by atoms with Crippen molar-refractivity contribution in [2.45, 2.75) is 43.3 Å². The number of amides is 1. The Morgan fingerprint density at radius 1 is 1.06 bits per heavy atom. The summed E-state index contributed by atoms with van der Waals surface area (Å²) in [5.74, 6) is -0.724. The molecule has 0 atom stereocenters. The second kappa shape index (κ2) is 10.3. The number of ether oxygens (including phenoxy) is 1. The number of carbonyl (C=O) groups excluding carboxylic acids is 1. The van der Waals surface area contributed by atoms with Crippen molar-refractivity contribution in [2.24, 2.45) is 0 Å². The van der Waals surface area contributed by atoms with E-state index in [1.165, 1.54) is 46.9 Å². The minimum Gasteiger partial charge on any atom is -0.468 e. The zero-order valence-electron chi connectivity index (χ0n) is 17.3. The second-order valence-electron chi connectivity index (χ2n) is 7.40. The average Bonchev–Trinajstić information content (AvgIpc) is 3.06. The highest BCUT2D eigenvalue weighted by Crippen LogP contribution is 2.22. The van der Waals surface area contributed by atoms with Crippen LogP contribution in [0.15, 0.2) is 47.5 Å². The van der Waals surface area contributed by atoms with Gasteiger partial charge in [-0.3, -0.25) is 4.79 Å². The van der Waals surface area contributed by atoms with Crippen molar-refractivity contribution in [2.75, 3.05) is 19.7 Å². The number of halogens is 3. The number of hydrogen-bond donors (Lipinski definition) is 1. The molecule has 0 unspecified atom stereocenters. The van der Waals surface area contributed by atoms with Gasteiger partial charge in [0, 0.05) is 37.0 Å². The molecule has 7 nitrogen and oxygen atoms in total. The maximum atomic E-state index is 12.8. The van der Waals surface area contributed by atoms with E-state index < -0.39 is 28.7 Å². The van der Waals surface area contributed by atoms with Gasteiger partial charge in [0.15, 0.2) is 6.61 Å². The standard InChI is InChI=1S/C21H24F3N3O4S/c22-21(23,24)15-31-20-17(6-5-11-25-20)14-26-19(28)16-7-9-18(10-8-16)32(29,30)27-12-3-1-2-4-13-27/h5-11H,1-4,12-15H2,(H,26,28). The summed E-state index contributed by atoms with van der Waals surface area (Å²) in [7, 11) is -3.62. The Morgan fingerprint density at radius 2 is 1.72 bits per heavy atom. The van der Waals surface area contributed by atoms with Crippen LogP contribution in [0.4, 0.5) is 13.2 Å². The van der Waals surface area contributed by atoms with Crippen LogP contribution in [0.1, 0.15) is 41.6 Å². The first-order valence-electron chi connectivity index (χ1n) is 10.2. The lowest BCUT2D eigenvalue weighted by Crippen LogP contribution is -2.32. The van der Waals surface area contributed by atoms with Gasteiger partial charge >= 0.3 is 6.18 Å². The Labute approximate surface area is 184 Å². The molecule has 1 amide bonds. The Balaban J connectivity index is 1.63. The molecular weight excluding hydrogens is 447 g/mol. The van der Waals surface area contributed by atoms with Crippen LogP contribution >= 0.6 is 0 Å². The molecule has 32 heavy (non-hydrogen) atoms. The van der Waals surface area contributed by atoms with Crippen molar-refractivity contribution in [3.63, 3.8) is 0 Å². The summed E-state index contributed by atoms with van der Waals surface area (Å²) in [6, 6.07) is 8.60. The van der Waals surface area contributed by atoms with Crippen LogP contribution in [0.5, 0.6) is 5.88 Å². The number of sulfonamides is 1. The van der Waals surface area contributed by atoms with Crippen LogP contribution in [-0.2, 0) is 16.6 Å². The maximum absolute atomic E-state index is 12.8. The van der Waals surface area contributed by atoms with E-state index in [1.54, 1.807) is 0 Å². The number of carbonyl (C=O) groups is 1. The molecule has 3 rings (SSSR count). The van der Waals surface area contributed by atoms with E-state index in [0.717, 1.165) is 25.7 Å². The van der Waals surface area contributed by atoms with Crippen LogP contribution in [0.3, 0.4) is 0 Å².